The normalized spacial score (nSPS) is 28.4. The van der Waals surface area contributed by atoms with Crippen molar-refractivity contribution >= 4 is 23.5 Å². The van der Waals surface area contributed by atoms with Gasteiger partial charge in [0, 0.05) is 17.5 Å². The summed E-state index contributed by atoms with van der Waals surface area (Å²) in [5.41, 5.74) is 0.999. The zero-order valence-corrected chi connectivity index (χ0v) is 11.7. The number of carbonyl (C=O) groups excluding carboxylic acids is 1. The molecule has 106 valence electrons. The number of hydrogen-bond donors (Lipinski definition) is 1. The smallest absolute Gasteiger partial charge is 0.326 e. The Kier molecular flexibility index (Phi) is 3.42. The van der Waals surface area contributed by atoms with Gasteiger partial charge in [0.05, 0.1) is 0 Å². The number of aliphatic carboxylic acids is 1. The van der Waals surface area contributed by atoms with Gasteiger partial charge in [0.2, 0.25) is 5.91 Å². The Bertz CT molecular complexity index is 560. The minimum atomic E-state index is -0.897. The summed E-state index contributed by atoms with van der Waals surface area (Å²) in [5, 5.41) is 9.83. The average molecular weight is 294 g/mol. The van der Waals surface area contributed by atoms with Gasteiger partial charge in [0.1, 0.15) is 6.04 Å². The topological polar surface area (TPSA) is 57.6 Å². The molecule has 1 N–H and O–H groups in total. The van der Waals surface area contributed by atoms with E-state index in [-0.39, 0.29) is 17.7 Å². The minimum Gasteiger partial charge on any atom is -0.480 e. The zero-order valence-electron chi connectivity index (χ0n) is 11.0. The lowest BCUT2D eigenvalue weighted by Gasteiger charge is -2.21. The Morgan fingerprint density at radius 3 is 2.75 bits per heavy atom. The van der Waals surface area contributed by atoms with E-state index in [0.29, 0.717) is 18.0 Å². The van der Waals surface area contributed by atoms with Gasteiger partial charge in [0.25, 0.3) is 0 Å². The SMILES string of the molecule is O=C(O)[C@@H]1CCCN1C(=O)C1CC1c1ccccc1Cl. The number of carbonyl (C=O) groups is 2. The fourth-order valence-corrected chi connectivity index (χ4v) is 3.36. The van der Waals surface area contributed by atoms with Crippen molar-refractivity contribution in [1.29, 1.82) is 0 Å². The Morgan fingerprint density at radius 2 is 2.05 bits per heavy atom. The van der Waals surface area contributed by atoms with Crippen LogP contribution in [0, 0.1) is 5.92 Å². The molecular formula is C15H16ClNO3. The maximum atomic E-state index is 12.4. The molecule has 1 aliphatic heterocycles. The maximum Gasteiger partial charge on any atom is 0.326 e. The lowest BCUT2D eigenvalue weighted by atomic mass is 10.1. The number of carboxylic acid groups (broad SMARTS) is 1. The number of halogens is 1. The molecule has 1 aromatic rings. The molecule has 0 spiro atoms. The van der Waals surface area contributed by atoms with E-state index in [4.69, 9.17) is 16.7 Å². The summed E-state index contributed by atoms with van der Waals surface area (Å²) in [6.45, 7) is 0.557. The highest BCUT2D eigenvalue weighted by atomic mass is 35.5. The van der Waals surface area contributed by atoms with Gasteiger partial charge >= 0.3 is 5.97 Å². The second-order valence-electron chi connectivity index (χ2n) is 5.50. The summed E-state index contributed by atoms with van der Waals surface area (Å²) in [7, 11) is 0. The number of carboxylic acids is 1. The van der Waals surface area contributed by atoms with Crippen LogP contribution in [-0.2, 0) is 9.59 Å². The molecule has 4 nitrogen and oxygen atoms in total. The molecule has 2 fully saturated rings. The molecule has 5 heteroatoms. The molecule has 3 atom stereocenters. The Balaban J connectivity index is 1.72. The molecule has 1 amide bonds. The van der Waals surface area contributed by atoms with E-state index in [0.717, 1.165) is 18.4 Å². The number of amides is 1. The molecule has 1 aromatic carbocycles. The van der Waals surface area contributed by atoms with E-state index >= 15 is 0 Å². The second-order valence-corrected chi connectivity index (χ2v) is 5.91. The minimum absolute atomic E-state index is 0.0279. The Labute approximate surface area is 122 Å². The maximum absolute atomic E-state index is 12.4. The van der Waals surface area contributed by atoms with Crippen LogP contribution in [0.1, 0.15) is 30.7 Å². The highest BCUT2D eigenvalue weighted by Crippen LogP contribution is 2.50. The third-order valence-corrected chi connectivity index (χ3v) is 4.58. The van der Waals surface area contributed by atoms with Crippen LogP contribution in [0.25, 0.3) is 0 Å². The standard InChI is InChI=1S/C15H16ClNO3/c16-12-5-2-1-4-9(12)10-8-11(10)14(18)17-7-3-6-13(17)15(19)20/h1-2,4-5,10-11,13H,3,6-8H2,(H,19,20)/t10?,11?,13-/m0/s1. The number of benzene rings is 1. The molecule has 0 aromatic heterocycles. The van der Waals surface area contributed by atoms with Gasteiger partial charge in [-0.2, -0.15) is 0 Å². The van der Waals surface area contributed by atoms with Gasteiger partial charge in [-0.3, -0.25) is 4.79 Å². The predicted octanol–water partition coefficient (Wildman–Crippen LogP) is 2.52. The van der Waals surface area contributed by atoms with Crippen LogP contribution in [0.2, 0.25) is 5.02 Å². The van der Waals surface area contributed by atoms with Crippen molar-refractivity contribution in [2.45, 2.75) is 31.2 Å². The lowest BCUT2D eigenvalue weighted by molar-refractivity contribution is -0.148. The van der Waals surface area contributed by atoms with E-state index < -0.39 is 12.0 Å². The van der Waals surface area contributed by atoms with Crippen LogP contribution in [-0.4, -0.2) is 34.5 Å². The van der Waals surface area contributed by atoms with Crippen molar-refractivity contribution in [3.05, 3.63) is 34.9 Å². The number of rotatable bonds is 3. The van der Waals surface area contributed by atoms with Crippen molar-refractivity contribution in [2.24, 2.45) is 5.92 Å². The first-order valence-electron chi connectivity index (χ1n) is 6.87. The van der Waals surface area contributed by atoms with Crippen LogP contribution in [0.3, 0.4) is 0 Å². The summed E-state index contributed by atoms with van der Waals surface area (Å²) in [5.74, 6) is -0.883. The van der Waals surface area contributed by atoms with Crippen molar-refractivity contribution in [3.63, 3.8) is 0 Å². The molecular weight excluding hydrogens is 278 g/mol. The summed E-state index contributed by atoms with van der Waals surface area (Å²) < 4.78 is 0. The van der Waals surface area contributed by atoms with Crippen LogP contribution in [0.5, 0.6) is 0 Å². The third-order valence-electron chi connectivity index (χ3n) is 4.23. The van der Waals surface area contributed by atoms with Crippen LogP contribution < -0.4 is 0 Å². The largest absolute Gasteiger partial charge is 0.480 e. The molecule has 1 saturated heterocycles. The molecule has 1 saturated carbocycles. The summed E-state index contributed by atoms with van der Waals surface area (Å²) in [4.78, 5) is 25.1. The first-order chi connectivity index (χ1) is 9.59. The molecule has 1 heterocycles. The van der Waals surface area contributed by atoms with E-state index in [1.165, 1.54) is 4.90 Å². The van der Waals surface area contributed by atoms with Crippen LogP contribution in [0.4, 0.5) is 0 Å². The van der Waals surface area contributed by atoms with E-state index in [1.54, 1.807) is 0 Å². The fraction of sp³-hybridized carbons (Fsp3) is 0.467. The first kappa shape index (κ1) is 13.4. The first-order valence-corrected chi connectivity index (χ1v) is 7.25. The highest BCUT2D eigenvalue weighted by molar-refractivity contribution is 6.31. The van der Waals surface area contributed by atoms with Crippen molar-refractivity contribution < 1.29 is 14.7 Å². The molecule has 0 bridgehead atoms. The molecule has 0 radical (unpaired) electrons. The summed E-state index contributed by atoms with van der Waals surface area (Å²) in [6, 6.07) is 6.91. The monoisotopic (exact) mass is 293 g/mol. The van der Waals surface area contributed by atoms with Gasteiger partial charge in [-0.05, 0) is 36.8 Å². The van der Waals surface area contributed by atoms with E-state index in [1.807, 2.05) is 24.3 Å². The zero-order chi connectivity index (χ0) is 14.3. The van der Waals surface area contributed by atoms with Crippen molar-refractivity contribution in [3.8, 4) is 0 Å². The Hall–Kier alpha value is -1.55. The fourth-order valence-electron chi connectivity index (χ4n) is 3.09. The average Bonchev–Trinajstić information content (AvgIpc) is 3.05. The van der Waals surface area contributed by atoms with Gasteiger partial charge in [-0.15, -0.1) is 0 Å². The molecule has 1 aliphatic carbocycles. The molecule has 2 aliphatic rings. The number of nitrogens with zero attached hydrogens (tertiary/aromatic N) is 1. The van der Waals surface area contributed by atoms with Crippen LogP contribution in [0.15, 0.2) is 24.3 Å². The van der Waals surface area contributed by atoms with Gasteiger partial charge in [-0.25, -0.2) is 4.79 Å². The molecule has 3 rings (SSSR count). The van der Waals surface area contributed by atoms with Gasteiger partial charge in [-0.1, -0.05) is 29.8 Å². The summed E-state index contributed by atoms with van der Waals surface area (Å²) in [6.07, 6.45) is 2.10. The quantitative estimate of drug-likeness (QED) is 0.931. The lowest BCUT2D eigenvalue weighted by Crippen LogP contribution is -2.41. The van der Waals surface area contributed by atoms with Gasteiger partial charge in [0.15, 0.2) is 0 Å². The van der Waals surface area contributed by atoms with Gasteiger partial charge < -0.3 is 10.0 Å². The summed E-state index contributed by atoms with van der Waals surface area (Å²) >= 11 is 6.15. The number of likely N-dealkylation sites (tertiary alicyclic amines) is 1. The molecule has 20 heavy (non-hydrogen) atoms. The molecule has 2 unspecified atom stereocenters. The van der Waals surface area contributed by atoms with Crippen molar-refractivity contribution in [1.82, 2.24) is 4.90 Å². The van der Waals surface area contributed by atoms with E-state index in [9.17, 15) is 9.59 Å². The third kappa shape index (κ3) is 2.29. The van der Waals surface area contributed by atoms with E-state index in [2.05, 4.69) is 0 Å². The second kappa shape index (κ2) is 5.09. The number of hydrogen-bond acceptors (Lipinski definition) is 2. The van der Waals surface area contributed by atoms with Crippen LogP contribution >= 0.6 is 11.6 Å². The predicted molar refractivity (Wildman–Crippen MR) is 74.7 cm³/mol. The Morgan fingerprint density at radius 1 is 1.30 bits per heavy atom. The highest BCUT2D eigenvalue weighted by Gasteiger charge is 2.49. The van der Waals surface area contributed by atoms with Crippen molar-refractivity contribution in [2.75, 3.05) is 6.54 Å².